The number of carbonyl (C=O) groups excluding carboxylic acids is 1. The van der Waals surface area contributed by atoms with Gasteiger partial charge in [0.05, 0.1) is 22.6 Å². The van der Waals surface area contributed by atoms with Crippen molar-refractivity contribution in [3.63, 3.8) is 0 Å². The molecule has 1 N–H and O–H groups in total. The van der Waals surface area contributed by atoms with Crippen LogP contribution in [0.3, 0.4) is 0 Å². The smallest absolute Gasteiger partial charge is 0.271 e. The molecule has 1 aromatic heterocycles. The van der Waals surface area contributed by atoms with Crippen LogP contribution in [0.1, 0.15) is 15.9 Å². The number of nitro benzene ring substituents is 1. The first-order valence-corrected chi connectivity index (χ1v) is 11.3. The third-order valence-corrected chi connectivity index (χ3v) is 6.00. The molecule has 2 aromatic carbocycles. The number of methoxy groups -OCH3 is 1. The molecule has 0 aliphatic rings. The number of nitrogens with one attached hydrogen (secondary N) is 1. The Morgan fingerprint density at radius 3 is 2.60 bits per heavy atom. The third-order valence-electron chi connectivity index (χ3n) is 4.15. The summed E-state index contributed by atoms with van der Waals surface area (Å²) in [5.74, 6) is -0.0824. The van der Waals surface area contributed by atoms with E-state index in [2.05, 4.69) is 10.3 Å². The van der Waals surface area contributed by atoms with Crippen LogP contribution in [0, 0.1) is 17.0 Å². The summed E-state index contributed by atoms with van der Waals surface area (Å²) in [5.41, 5.74) is 1.70. The molecule has 0 aliphatic heterocycles. The molecule has 1 amide bonds. The summed E-state index contributed by atoms with van der Waals surface area (Å²) in [7, 11) is -2.20. The molecule has 11 heteroatoms. The van der Waals surface area contributed by atoms with Crippen LogP contribution >= 0.6 is 11.3 Å². The fourth-order valence-corrected chi connectivity index (χ4v) is 4.06. The Morgan fingerprint density at radius 2 is 1.97 bits per heavy atom. The highest BCUT2D eigenvalue weighted by Crippen LogP contribution is 2.33. The van der Waals surface area contributed by atoms with E-state index in [-0.39, 0.29) is 15.6 Å². The molecular formula is C19H17N3O6S2. The first-order chi connectivity index (χ1) is 14.1. The molecule has 0 aliphatic carbocycles. The fraction of sp³-hybridized carbons (Fsp3) is 0.158. The number of ether oxygens (including phenoxy) is 1. The van der Waals surface area contributed by atoms with Gasteiger partial charge in [0.2, 0.25) is 0 Å². The van der Waals surface area contributed by atoms with Gasteiger partial charge in [-0.3, -0.25) is 20.2 Å². The maximum absolute atomic E-state index is 12.6. The number of benzene rings is 2. The molecule has 3 aromatic rings. The molecule has 0 saturated heterocycles. The summed E-state index contributed by atoms with van der Waals surface area (Å²) in [6.45, 7) is 1.93. The monoisotopic (exact) mass is 447 g/mol. The van der Waals surface area contributed by atoms with Gasteiger partial charge in [0.15, 0.2) is 15.0 Å². The van der Waals surface area contributed by atoms with Crippen LogP contribution in [-0.4, -0.2) is 37.6 Å². The van der Waals surface area contributed by atoms with Gasteiger partial charge in [-0.15, -0.1) is 11.3 Å². The van der Waals surface area contributed by atoms with Crippen molar-refractivity contribution in [2.75, 3.05) is 18.7 Å². The molecular weight excluding hydrogens is 430 g/mol. The Kier molecular flexibility index (Phi) is 5.85. The minimum atomic E-state index is -3.74. The summed E-state index contributed by atoms with van der Waals surface area (Å²) in [6, 6.07) is 8.64. The van der Waals surface area contributed by atoms with E-state index in [0.29, 0.717) is 11.4 Å². The number of rotatable bonds is 6. The summed E-state index contributed by atoms with van der Waals surface area (Å²) in [4.78, 5) is 27.0. The van der Waals surface area contributed by atoms with Crippen molar-refractivity contribution in [1.82, 2.24) is 4.98 Å². The van der Waals surface area contributed by atoms with Crippen LogP contribution in [0.4, 0.5) is 10.8 Å². The van der Waals surface area contributed by atoms with Crippen LogP contribution in [0.15, 0.2) is 46.7 Å². The number of hydrogen-bond donors (Lipinski definition) is 1. The van der Waals surface area contributed by atoms with Gasteiger partial charge in [-0.25, -0.2) is 13.4 Å². The zero-order valence-corrected chi connectivity index (χ0v) is 17.8. The minimum Gasteiger partial charge on any atom is -0.496 e. The highest BCUT2D eigenvalue weighted by atomic mass is 32.2. The van der Waals surface area contributed by atoms with Gasteiger partial charge in [0, 0.05) is 34.9 Å². The average molecular weight is 447 g/mol. The highest BCUT2D eigenvalue weighted by Gasteiger charge is 2.20. The molecule has 0 fully saturated rings. The lowest BCUT2D eigenvalue weighted by Crippen LogP contribution is -2.13. The molecule has 0 saturated carbocycles. The number of thiazole rings is 1. The van der Waals surface area contributed by atoms with Gasteiger partial charge in [0.1, 0.15) is 5.75 Å². The van der Waals surface area contributed by atoms with E-state index in [1.165, 1.54) is 0 Å². The molecule has 156 valence electrons. The highest BCUT2D eigenvalue weighted by molar-refractivity contribution is 7.90. The molecule has 1 heterocycles. The number of anilines is 1. The Morgan fingerprint density at radius 1 is 1.23 bits per heavy atom. The van der Waals surface area contributed by atoms with Crippen molar-refractivity contribution >= 4 is 37.9 Å². The number of non-ortho nitro benzene ring substituents is 1. The van der Waals surface area contributed by atoms with E-state index in [1.807, 2.05) is 25.1 Å². The normalized spacial score (nSPS) is 11.2. The Balaban J connectivity index is 1.92. The van der Waals surface area contributed by atoms with Gasteiger partial charge in [-0.05, 0) is 25.1 Å². The average Bonchev–Trinajstić information content (AvgIpc) is 3.15. The Labute approximate surface area is 176 Å². The van der Waals surface area contributed by atoms with Gasteiger partial charge in [-0.2, -0.15) is 0 Å². The quantitative estimate of drug-likeness (QED) is 0.451. The van der Waals surface area contributed by atoms with E-state index in [4.69, 9.17) is 4.74 Å². The molecule has 9 nitrogen and oxygen atoms in total. The van der Waals surface area contributed by atoms with Crippen LogP contribution in [0.5, 0.6) is 5.75 Å². The molecule has 0 bridgehead atoms. The first kappa shape index (κ1) is 21.4. The summed E-state index contributed by atoms with van der Waals surface area (Å²) in [5, 5.41) is 15.7. The van der Waals surface area contributed by atoms with Crippen molar-refractivity contribution in [2.24, 2.45) is 0 Å². The van der Waals surface area contributed by atoms with Crippen molar-refractivity contribution < 1.29 is 22.9 Å². The number of sulfone groups is 1. The van der Waals surface area contributed by atoms with E-state index in [0.717, 1.165) is 46.9 Å². The number of carbonyl (C=O) groups is 1. The zero-order valence-electron chi connectivity index (χ0n) is 16.2. The maximum Gasteiger partial charge on any atom is 0.271 e. The van der Waals surface area contributed by atoms with Crippen LogP contribution in [-0.2, 0) is 9.84 Å². The van der Waals surface area contributed by atoms with Crippen molar-refractivity contribution in [3.8, 4) is 17.0 Å². The van der Waals surface area contributed by atoms with Gasteiger partial charge < -0.3 is 4.74 Å². The van der Waals surface area contributed by atoms with Crippen LogP contribution in [0.25, 0.3) is 11.3 Å². The molecule has 0 radical (unpaired) electrons. The predicted octanol–water partition coefficient (Wildman–Crippen LogP) is 3.69. The Hall–Kier alpha value is -3.31. The Bertz CT molecular complexity index is 1250. The third kappa shape index (κ3) is 4.63. The second-order valence-corrected chi connectivity index (χ2v) is 9.31. The zero-order chi connectivity index (χ0) is 22.1. The number of aromatic nitrogens is 1. The van der Waals surface area contributed by atoms with Gasteiger partial charge >= 0.3 is 0 Å². The van der Waals surface area contributed by atoms with Crippen molar-refractivity contribution in [1.29, 1.82) is 0 Å². The van der Waals surface area contributed by atoms with E-state index in [9.17, 15) is 23.3 Å². The number of hydrogen-bond acceptors (Lipinski definition) is 8. The van der Waals surface area contributed by atoms with Gasteiger partial charge in [0.25, 0.3) is 11.6 Å². The molecule has 3 rings (SSSR count). The summed E-state index contributed by atoms with van der Waals surface area (Å²) < 4.78 is 29.0. The van der Waals surface area contributed by atoms with E-state index in [1.54, 1.807) is 12.5 Å². The number of aryl methyl sites for hydroxylation is 1. The summed E-state index contributed by atoms with van der Waals surface area (Å²) in [6.07, 6.45) is 0.913. The maximum atomic E-state index is 12.6. The first-order valence-electron chi connectivity index (χ1n) is 8.50. The van der Waals surface area contributed by atoms with Crippen LogP contribution < -0.4 is 10.1 Å². The lowest BCUT2D eigenvalue weighted by molar-refractivity contribution is -0.385. The fourth-order valence-electron chi connectivity index (χ4n) is 2.68. The molecule has 0 unspecified atom stereocenters. The van der Waals surface area contributed by atoms with Crippen molar-refractivity contribution in [3.05, 3.63) is 63.0 Å². The second-order valence-electron chi connectivity index (χ2n) is 6.44. The number of nitrogens with zero attached hydrogens (tertiary/aromatic N) is 2. The molecule has 30 heavy (non-hydrogen) atoms. The SMILES string of the molecule is COc1ccc(C)cc1-c1csc(NC(=O)c2cc([N+](=O)[O-])cc(S(C)(=O)=O)c2)n1. The topological polar surface area (TPSA) is 128 Å². The largest absolute Gasteiger partial charge is 0.496 e. The lowest BCUT2D eigenvalue weighted by Gasteiger charge is -2.07. The number of nitro groups is 1. The van der Waals surface area contributed by atoms with Crippen molar-refractivity contribution in [2.45, 2.75) is 11.8 Å². The van der Waals surface area contributed by atoms with Gasteiger partial charge in [-0.1, -0.05) is 11.6 Å². The van der Waals surface area contributed by atoms with E-state index < -0.39 is 26.4 Å². The predicted molar refractivity (Wildman–Crippen MR) is 113 cm³/mol. The standard InChI is InChI=1S/C19H17N3O6S2/c1-11-4-5-17(28-2)15(6-11)16-10-29-19(20-16)21-18(23)12-7-13(22(24)25)9-14(8-12)30(3,26)27/h4-10H,1-3H3,(H,20,21,23). The number of amides is 1. The summed E-state index contributed by atoms with van der Waals surface area (Å²) >= 11 is 1.16. The van der Waals surface area contributed by atoms with E-state index >= 15 is 0 Å². The minimum absolute atomic E-state index is 0.158. The lowest BCUT2D eigenvalue weighted by atomic mass is 10.1. The molecule has 0 atom stereocenters. The van der Waals surface area contributed by atoms with Crippen LogP contribution in [0.2, 0.25) is 0 Å². The molecule has 0 spiro atoms. The second kappa shape index (κ2) is 8.20.